The number of methoxy groups -OCH3 is 2. The molecule has 0 fully saturated rings. The zero-order valence-electron chi connectivity index (χ0n) is 18.5. The molecule has 0 radical (unpaired) electrons. The zero-order chi connectivity index (χ0) is 23.1. The molecule has 3 aromatic rings. The Kier molecular flexibility index (Phi) is 7.78. The van der Waals surface area contributed by atoms with Crippen molar-refractivity contribution in [2.45, 2.75) is 24.0 Å². The van der Waals surface area contributed by atoms with E-state index in [1.807, 2.05) is 50.2 Å². The smallest absolute Gasteiger partial charge is 0.255 e. The number of benzene rings is 3. The second-order valence-electron chi connectivity index (χ2n) is 7.16. The number of carbonyl (C=O) groups excluding carboxylic acids is 2. The van der Waals surface area contributed by atoms with Crippen LogP contribution in [0.3, 0.4) is 0 Å². The van der Waals surface area contributed by atoms with Crippen LogP contribution in [0.25, 0.3) is 0 Å². The maximum absolute atomic E-state index is 12.7. The minimum atomic E-state index is -0.348. The van der Waals surface area contributed by atoms with Gasteiger partial charge in [0.05, 0.1) is 25.2 Å². The van der Waals surface area contributed by atoms with Crippen molar-refractivity contribution in [1.82, 2.24) is 0 Å². The predicted molar refractivity (Wildman–Crippen MR) is 129 cm³/mol. The molecule has 1 unspecified atom stereocenters. The zero-order valence-corrected chi connectivity index (χ0v) is 19.3. The van der Waals surface area contributed by atoms with Crippen LogP contribution in [0, 0.1) is 6.92 Å². The molecule has 166 valence electrons. The van der Waals surface area contributed by atoms with Gasteiger partial charge in [0.25, 0.3) is 5.91 Å². The van der Waals surface area contributed by atoms with Crippen LogP contribution in [0.5, 0.6) is 11.5 Å². The summed E-state index contributed by atoms with van der Waals surface area (Å²) in [5.41, 5.74) is 2.95. The van der Waals surface area contributed by atoms with Crippen LogP contribution < -0.4 is 20.1 Å². The number of anilines is 2. The Balaban J connectivity index is 1.59. The Bertz CT molecular complexity index is 1080. The van der Waals surface area contributed by atoms with Crippen LogP contribution in [0.4, 0.5) is 11.4 Å². The number of hydrogen-bond donors (Lipinski definition) is 2. The molecule has 0 aromatic heterocycles. The summed E-state index contributed by atoms with van der Waals surface area (Å²) in [5.74, 6) is 0.874. The van der Waals surface area contributed by atoms with E-state index in [0.29, 0.717) is 28.4 Å². The van der Waals surface area contributed by atoms with E-state index in [1.54, 1.807) is 44.6 Å². The number of aryl methyl sites for hydroxylation is 1. The lowest BCUT2D eigenvalue weighted by atomic mass is 10.1. The van der Waals surface area contributed by atoms with Gasteiger partial charge in [0.1, 0.15) is 11.5 Å². The van der Waals surface area contributed by atoms with Crippen molar-refractivity contribution < 1.29 is 19.1 Å². The Morgan fingerprint density at radius 2 is 1.56 bits per heavy atom. The Labute approximate surface area is 192 Å². The molecule has 0 aliphatic carbocycles. The molecule has 2 amide bonds. The van der Waals surface area contributed by atoms with Crippen LogP contribution in [0.15, 0.2) is 71.6 Å². The maximum atomic E-state index is 12.7. The van der Waals surface area contributed by atoms with Crippen LogP contribution in [0.2, 0.25) is 0 Å². The minimum Gasteiger partial charge on any atom is -0.497 e. The summed E-state index contributed by atoms with van der Waals surface area (Å²) in [6, 6.07) is 20.1. The SMILES string of the molecule is COc1ccc(OC)c(NC(=O)C(C)Sc2ccc(NC(=O)c3ccc(C)cc3)cc2)c1. The highest BCUT2D eigenvalue weighted by atomic mass is 32.2. The van der Waals surface area contributed by atoms with Gasteiger partial charge in [0.2, 0.25) is 5.91 Å². The van der Waals surface area contributed by atoms with Crippen LogP contribution in [0.1, 0.15) is 22.8 Å². The highest BCUT2D eigenvalue weighted by molar-refractivity contribution is 8.00. The average molecular weight is 451 g/mol. The number of nitrogens with one attached hydrogen (secondary N) is 2. The largest absolute Gasteiger partial charge is 0.497 e. The lowest BCUT2D eigenvalue weighted by molar-refractivity contribution is -0.115. The number of hydrogen-bond acceptors (Lipinski definition) is 5. The van der Waals surface area contributed by atoms with Gasteiger partial charge in [0.15, 0.2) is 0 Å². The summed E-state index contributed by atoms with van der Waals surface area (Å²) in [6.45, 7) is 3.81. The molecule has 2 N–H and O–H groups in total. The highest BCUT2D eigenvalue weighted by Gasteiger charge is 2.17. The van der Waals surface area contributed by atoms with Gasteiger partial charge in [-0.3, -0.25) is 9.59 Å². The number of amides is 2. The molecule has 3 rings (SSSR count). The van der Waals surface area contributed by atoms with Gasteiger partial charge in [0, 0.05) is 22.2 Å². The molecular weight excluding hydrogens is 424 g/mol. The van der Waals surface area contributed by atoms with Crippen LogP contribution in [-0.2, 0) is 4.79 Å². The summed E-state index contributed by atoms with van der Waals surface area (Å²) in [5, 5.41) is 5.43. The third-order valence-electron chi connectivity index (χ3n) is 4.77. The first kappa shape index (κ1) is 23.2. The van der Waals surface area contributed by atoms with E-state index >= 15 is 0 Å². The number of rotatable bonds is 8. The van der Waals surface area contributed by atoms with Crippen molar-refractivity contribution in [3.63, 3.8) is 0 Å². The fourth-order valence-electron chi connectivity index (χ4n) is 2.93. The van der Waals surface area contributed by atoms with E-state index in [1.165, 1.54) is 11.8 Å². The molecule has 32 heavy (non-hydrogen) atoms. The van der Waals surface area contributed by atoms with Crippen molar-refractivity contribution in [2.24, 2.45) is 0 Å². The normalized spacial score (nSPS) is 11.4. The van der Waals surface area contributed by atoms with Crippen molar-refractivity contribution >= 4 is 35.0 Å². The summed E-state index contributed by atoms with van der Waals surface area (Å²) in [4.78, 5) is 26.0. The van der Waals surface area contributed by atoms with Gasteiger partial charge in [-0.1, -0.05) is 17.7 Å². The van der Waals surface area contributed by atoms with E-state index in [2.05, 4.69) is 10.6 Å². The van der Waals surface area contributed by atoms with E-state index in [4.69, 9.17) is 9.47 Å². The van der Waals surface area contributed by atoms with E-state index in [9.17, 15) is 9.59 Å². The standard InChI is InChI=1S/C25H26N2O4S/c1-16-5-7-18(8-6-16)25(29)26-19-9-12-21(13-10-19)32-17(2)24(28)27-22-15-20(30-3)11-14-23(22)31-4/h5-15,17H,1-4H3,(H,26,29)(H,27,28). The Morgan fingerprint density at radius 1 is 0.875 bits per heavy atom. The summed E-state index contributed by atoms with van der Waals surface area (Å²) in [7, 11) is 3.12. The topological polar surface area (TPSA) is 76.7 Å². The van der Waals surface area contributed by atoms with Crippen molar-refractivity contribution in [2.75, 3.05) is 24.9 Å². The molecule has 0 saturated heterocycles. The molecule has 3 aromatic carbocycles. The number of carbonyl (C=O) groups is 2. The molecule has 0 spiro atoms. The van der Waals surface area contributed by atoms with Gasteiger partial charge in [-0.05, 0) is 62.4 Å². The predicted octanol–water partition coefficient (Wildman–Crippen LogP) is 5.38. The molecule has 0 bridgehead atoms. The first-order chi connectivity index (χ1) is 15.4. The minimum absolute atomic E-state index is 0.154. The van der Waals surface area contributed by atoms with Gasteiger partial charge >= 0.3 is 0 Å². The monoisotopic (exact) mass is 450 g/mol. The van der Waals surface area contributed by atoms with Crippen molar-refractivity contribution in [1.29, 1.82) is 0 Å². The fourth-order valence-corrected chi connectivity index (χ4v) is 3.80. The average Bonchev–Trinajstić information content (AvgIpc) is 2.80. The molecular formula is C25H26N2O4S. The molecule has 0 aliphatic heterocycles. The third kappa shape index (κ3) is 6.04. The molecule has 0 heterocycles. The highest BCUT2D eigenvalue weighted by Crippen LogP contribution is 2.31. The second kappa shape index (κ2) is 10.7. The van der Waals surface area contributed by atoms with Crippen molar-refractivity contribution in [3.8, 4) is 11.5 Å². The lowest BCUT2D eigenvalue weighted by Crippen LogP contribution is -2.22. The second-order valence-corrected chi connectivity index (χ2v) is 8.57. The first-order valence-electron chi connectivity index (χ1n) is 10.1. The number of ether oxygens (including phenoxy) is 2. The van der Waals surface area contributed by atoms with E-state index in [0.717, 1.165) is 10.5 Å². The first-order valence-corrected chi connectivity index (χ1v) is 10.9. The fraction of sp³-hybridized carbons (Fsp3) is 0.200. The van der Waals surface area contributed by atoms with Gasteiger partial charge in [-0.25, -0.2) is 0 Å². The summed E-state index contributed by atoms with van der Waals surface area (Å²) >= 11 is 1.42. The van der Waals surface area contributed by atoms with E-state index < -0.39 is 0 Å². The molecule has 6 nitrogen and oxygen atoms in total. The Hall–Kier alpha value is -3.45. The van der Waals surface area contributed by atoms with Gasteiger partial charge < -0.3 is 20.1 Å². The van der Waals surface area contributed by atoms with Crippen molar-refractivity contribution in [3.05, 3.63) is 77.9 Å². The summed E-state index contributed by atoms with van der Waals surface area (Å²) < 4.78 is 10.5. The molecule has 1 atom stereocenters. The van der Waals surface area contributed by atoms with E-state index in [-0.39, 0.29) is 17.1 Å². The van der Waals surface area contributed by atoms with Crippen LogP contribution >= 0.6 is 11.8 Å². The Morgan fingerprint density at radius 3 is 2.19 bits per heavy atom. The molecule has 7 heteroatoms. The van der Waals surface area contributed by atoms with Crippen LogP contribution in [-0.4, -0.2) is 31.3 Å². The third-order valence-corrected chi connectivity index (χ3v) is 5.88. The molecule has 0 saturated carbocycles. The number of thioether (sulfide) groups is 1. The quantitative estimate of drug-likeness (QED) is 0.451. The van der Waals surface area contributed by atoms with Gasteiger partial charge in [-0.2, -0.15) is 0 Å². The maximum Gasteiger partial charge on any atom is 0.255 e. The summed E-state index contributed by atoms with van der Waals surface area (Å²) in [6.07, 6.45) is 0. The molecule has 0 aliphatic rings. The lowest BCUT2D eigenvalue weighted by Gasteiger charge is -2.15. The van der Waals surface area contributed by atoms with Gasteiger partial charge in [-0.15, -0.1) is 11.8 Å².